The molecule has 3 aliphatic heterocycles. The van der Waals surface area contributed by atoms with Gasteiger partial charge in [0.2, 0.25) is 0 Å². The lowest BCUT2D eigenvalue weighted by molar-refractivity contribution is -0.125. The first-order valence-electron chi connectivity index (χ1n) is 13.0. The minimum atomic E-state index is -1.67. The first-order valence-corrected chi connectivity index (χ1v) is 13.0. The zero-order valence-electron chi connectivity index (χ0n) is 22.2. The number of piperazine rings is 1. The van der Waals surface area contributed by atoms with Gasteiger partial charge in [0.15, 0.2) is 5.54 Å². The summed E-state index contributed by atoms with van der Waals surface area (Å²) in [5.41, 5.74) is 1.10. The second-order valence-electron chi connectivity index (χ2n) is 9.89. The standard InChI is InChI=1S/C28H29N7O5/c1-39-19-5-3-18-15-35(25(36)20(18)13-19)16-28(26(37)32-27(38)33-28)24-22(40-2)7-6-21(31-24)17-4-8-23(30-14-17)34-11-9-29-10-12-34/h3-8,13-14,29H,9-12,15-16H2,1-2H3,(H2,32,33,37,38)/t28-/m0/s1. The number of fused-ring (bicyclic) bond motifs is 1. The van der Waals surface area contributed by atoms with E-state index in [4.69, 9.17) is 14.5 Å². The number of imide groups is 1. The Morgan fingerprint density at radius 2 is 1.82 bits per heavy atom. The van der Waals surface area contributed by atoms with Gasteiger partial charge in [-0.15, -0.1) is 0 Å². The number of hydrogen-bond donors (Lipinski definition) is 3. The zero-order chi connectivity index (χ0) is 27.9. The lowest BCUT2D eigenvalue weighted by Gasteiger charge is -2.31. The third-order valence-electron chi connectivity index (χ3n) is 7.53. The average molecular weight is 544 g/mol. The minimum Gasteiger partial charge on any atom is -0.497 e. The van der Waals surface area contributed by atoms with Crippen molar-refractivity contribution in [3.8, 4) is 22.8 Å². The molecule has 0 radical (unpaired) electrons. The zero-order valence-corrected chi connectivity index (χ0v) is 22.2. The maximum absolute atomic E-state index is 13.4. The summed E-state index contributed by atoms with van der Waals surface area (Å²) in [6.07, 6.45) is 1.74. The van der Waals surface area contributed by atoms with Gasteiger partial charge in [0, 0.05) is 50.0 Å². The fourth-order valence-corrected chi connectivity index (χ4v) is 5.42. The lowest BCUT2D eigenvalue weighted by atomic mass is 9.92. The lowest BCUT2D eigenvalue weighted by Crippen LogP contribution is -2.53. The molecule has 206 valence electrons. The van der Waals surface area contributed by atoms with E-state index in [2.05, 4.69) is 25.8 Å². The maximum Gasteiger partial charge on any atom is 0.322 e. The Bertz CT molecular complexity index is 1490. The predicted molar refractivity (Wildman–Crippen MR) is 145 cm³/mol. The molecule has 4 amide bonds. The highest BCUT2D eigenvalue weighted by Gasteiger charge is 2.53. The SMILES string of the molecule is COc1ccc2c(c1)C(=O)N(C[C@@]1(c3nc(-c4ccc(N5CCNCC5)nc4)ccc3OC)NC(=O)NC1=O)C2. The Morgan fingerprint density at radius 3 is 2.50 bits per heavy atom. The number of hydrogen-bond acceptors (Lipinski definition) is 9. The Morgan fingerprint density at radius 1 is 1.00 bits per heavy atom. The van der Waals surface area contributed by atoms with Crippen molar-refractivity contribution in [1.82, 2.24) is 30.8 Å². The molecule has 12 nitrogen and oxygen atoms in total. The topological polar surface area (TPSA) is 138 Å². The number of nitrogens with zero attached hydrogens (tertiary/aromatic N) is 4. The first kappa shape index (κ1) is 25.6. The van der Waals surface area contributed by atoms with E-state index in [0.29, 0.717) is 22.8 Å². The molecule has 40 heavy (non-hydrogen) atoms. The van der Waals surface area contributed by atoms with E-state index in [-0.39, 0.29) is 24.7 Å². The Balaban J connectivity index is 1.36. The Hall–Kier alpha value is -4.71. The van der Waals surface area contributed by atoms with E-state index in [9.17, 15) is 14.4 Å². The summed E-state index contributed by atoms with van der Waals surface area (Å²) in [6.45, 7) is 3.68. The smallest absolute Gasteiger partial charge is 0.322 e. The van der Waals surface area contributed by atoms with Crippen LogP contribution in [0.3, 0.4) is 0 Å². The number of urea groups is 1. The van der Waals surface area contributed by atoms with E-state index < -0.39 is 17.5 Å². The first-order chi connectivity index (χ1) is 19.4. The van der Waals surface area contributed by atoms with E-state index in [0.717, 1.165) is 43.1 Å². The third-order valence-corrected chi connectivity index (χ3v) is 7.53. The van der Waals surface area contributed by atoms with Crippen LogP contribution in [0, 0.1) is 0 Å². The van der Waals surface area contributed by atoms with Crippen LogP contribution in [0.2, 0.25) is 0 Å². The highest BCUT2D eigenvalue weighted by Crippen LogP contribution is 2.37. The van der Waals surface area contributed by atoms with Crippen LogP contribution >= 0.6 is 0 Å². The fourth-order valence-electron chi connectivity index (χ4n) is 5.42. The summed E-state index contributed by atoms with van der Waals surface area (Å²) >= 11 is 0. The van der Waals surface area contributed by atoms with Gasteiger partial charge in [0.05, 0.1) is 26.5 Å². The molecule has 2 fully saturated rings. The highest BCUT2D eigenvalue weighted by molar-refractivity contribution is 6.08. The van der Waals surface area contributed by atoms with Crippen LogP contribution in [-0.4, -0.2) is 79.7 Å². The maximum atomic E-state index is 13.4. The van der Waals surface area contributed by atoms with Crippen LogP contribution in [0.5, 0.6) is 11.5 Å². The van der Waals surface area contributed by atoms with Gasteiger partial charge in [-0.05, 0) is 42.0 Å². The Labute approximate surface area is 230 Å². The van der Waals surface area contributed by atoms with Crippen LogP contribution in [-0.2, 0) is 16.9 Å². The van der Waals surface area contributed by atoms with E-state index >= 15 is 0 Å². The number of nitrogens with one attached hydrogen (secondary N) is 3. The molecule has 0 saturated carbocycles. The van der Waals surface area contributed by atoms with E-state index in [1.165, 1.54) is 19.1 Å². The number of amides is 4. The summed E-state index contributed by atoms with van der Waals surface area (Å²) in [6, 6.07) is 12.0. The van der Waals surface area contributed by atoms with E-state index in [1.54, 1.807) is 30.5 Å². The summed E-state index contributed by atoms with van der Waals surface area (Å²) in [7, 11) is 3.00. The molecular formula is C28H29N7O5. The monoisotopic (exact) mass is 543 g/mol. The Kier molecular flexibility index (Phi) is 6.46. The quantitative estimate of drug-likeness (QED) is 0.376. The normalized spacial score (nSPS) is 20.3. The van der Waals surface area contributed by atoms with Crippen molar-refractivity contribution in [2.24, 2.45) is 0 Å². The fraction of sp³-hybridized carbons (Fsp3) is 0.321. The highest BCUT2D eigenvalue weighted by atomic mass is 16.5. The predicted octanol–water partition coefficient (Wildman–Crippen LogP) is 1.26. The molecule has 0 spiro atoms. The number of anilines is 1. The summed E-state index contributed by atoms with van der Waals surface area (Å²) < 4.78 is 10.9. The van der Waals surface area contributed by atoms with Crippen molar-refractivity contribution >= 4 is 23.7 Å². The second-order valence-corrected chi connectivity index (χ2v) is 9.89. The minimum absolute atomic E-state index is 0.145. The molecular weight excluding hydrogens is 514 g/mol. The summed E-state index contributed by atoms with van der Waals surface area (Å²) in [5.74, 6) is 0.848. The molecule has 12 heteroatoms. The number of carbonyl (C=O) groups excluding carboxylic acids is 3. The van der Waals surface area contributed by atoms with E-state index in [1.807, 2.05) is 18.2 Å². The summed E-state index contributed by atoms with van der Waals surface area (Å²) in [5, 5.41) is 8.40. The molecule has 3 aromatic rings. The number of carbonyl (C=O) groups is 3. The number of methoxy groups -OCH3 is 2. The van der Waals surface area contributed by atoms with Gasteiger partial charge in [-0.1, -0.05) is 6.07 Å². The second kappa shape index (κ2) is 10.1. The number of benzene rings is 1. The van der Waals surface area contributed by atoms with Crippen LogP contribution in [0.25, 0.3) is 11.3 Å². The van der Waals surface area contributed by atoms with Crippen molar-refractivity contribution in [2.45, 2.75) is 12.1 Å². The molecule has 0 aliphatic carbocycles. The molecule has 1 aromatic carbocycles. The summed E-state index contributed by atoms with van der Waals surface area (Å²) in [4.78, 5) is 52.5. The number of aromatic nitrogens is 2. The van der Waals surface area contributed by atoms with Crippen molar-refractivity contribution < 1.29 is 23.9 Å². The van der Waals surface area contributed by atoms with Crippen molar-refractivity contribution in [2.75, 3.05) is 51.8 Å². The van der Waals surface area contributed by atoms with Gasteiger partial charge in [-0.3, -0.25) is 14.9 Å². The number of rotatable bonds is 7. The molecule has 3 aliphatic rings. The molecule has 0 bridgehead atoms. The van der Waals surface area contributed by atoms with Gasteiger partial charge in [0.1, 0.15) is 23.0 Å². The van der Waals surface area contributed by atoms with Crippen LogP contribution in [0.15, 0.2) is 48.7 Å². The molecule has 1 atom stereocenters. The molecule has 0 unspecified atom stereocenters. The van der Waals surface area contributed by atoms with Gasteiger partial charge in [-0.25, -0.2) is 14.8 Å². The molecule has 5 heterocycles. The average Bonchev–Trinajstić information content (AvgIpc) is 3.46. The largest absolute Gasteiger partial charge is 0.497 e. The molecule has 2 aromatic heterocycles. The van der Waals surface area contributed by atoms with Crippen molar-refractivity contribution in [3.63, 3.8) is 0 Å². The van der Waals surface area contributed by atoms with Gasteiger partial charge >= 0.3 is 6.03 Å². The number of pyridine rings is 2. The van der Waals surface area contributed by atoms with Crippen molar-refractivity contribution in [1.29, 1.82) is 0 Å². The number of ether oxygens (including phenoxy) is 2. The van der Waals surface area contributed by atoms with Crippen molar-refractivity contribution in [3.05, 3.63) is 65.5 Å². The van der Waals surface area contributed by atoms with Crippen LogP contribution in [0.4, 0.5) is 10.6 Å². The molecule has 2 saturated heterocycles. The van der Waals surface area contributed by atoms with Crippen LogP contribution < -0.4 is 30.3 Å². The molecule has 3 N–H and O–H groups in total. The van der Waals surface area contributed by atoms with Gasteiger partial charge in [0.25, 0.3) is 11.8 Å². The van der Waals surface area contributed by atoms with Crippen LogP contribution in [0.1, 0.15) is 21.6 Å². The van der Waals surface area contributed by atoms with Gasteiger partial charge < -0.3 is 29.9 Å². The molecule has 6 rings (SSSR count). The van der Waals surface area contributed by atoms with Gasteiger partial charge in [-0.2, -0.15) is 0 Å². The third kappa shape index (κ3) is 4.35.